The molecule has 0 saturated heterocycles. The topological polar surface area (TPSA) is 20.3 Å². The normalized spacial score (nSPS) is 11.4. The minimum Gasteiger partial charge on any atom is -0.342 e. The number of hydrogen-bond acceptors (Lipinski definition) is 1. The van der Waals surface area contributed by atoms with Crippen molar-refractivity contribution in [3.8, 4) is 0 Å². The summed E-state index contributed by atoms with van der Waals surface area (Å²) in [6.45, 7) is 7.30. The van der Waals surface area contributed by atoms with Crippen molar-refractivity contribution in [2.75, 3.05) is 18.9 Å². The van der Waals surface area contributed by atoms with Crippen molar-refractivity contribution in [3.63, 3.8) is 0 Å². The monoisotopic (exact) mass is 311 g/mol. The van der Waals surface area contributed by atoms with Gasteiger partial charge in [0.25, 0.3) is 5.91 Å². The zero-order valence-electron chi connectivity index (χ0n) is 11.7. The number of alkyl halides is 1. The third kappa shape index (κ3) is 4.13. The highest BCUT2D eigenvalue weighted by atomic mass is 79.9. The second-order valence-corrected chi connectivity index (χ2v) is 6.39. The van der Waals surface area contributed by atoms with Crippen molar-refractivity contribution >= 4 is 21.8 Å². The van der Waals surface area contributed by atoms with Gasteiger partial charge in [-0.1, -0.05) is 48.8 Å². The van der Waals surface area contributed by atoms with Crippen LogP contribution in [0.3, 0.4) is 0 Å². The number of hydrogen-bond donors (Lipinski definition) is 0. The molecule has 1 amide bonds. The summed E-state index contributed by atoms with van der Waals surface area (Å²) in [4.78, 5) is 13.9. The Kier molecular flexibility index (Phi) is 5.39. The van der Waals surface area contributed by atoms with Gasteiger partial charge < -0.3 is 4.90 Å². The first-order chi connectivity index (χ1) is 8.36. The lowest BCUT2D eigenvalue weighted by Gasteiger charge is -2.20. The summed E-state index contributed by atoms with van der Waals surface area (Å²) in [5, 5.41) is 0.924. The number of carbonyl (C=O) groups excluding carboxylic acids is 1. The van der Waals surface area contributed by atoms with E-state index >= 15 is 0 Å². The van der Waals surface area contributed by atoms with Crippen LogP contribution in [0.2, 0.25) is 0 Å². The fraction of sp³-hybridized carbons (Fsp3) is 0.533. The van der Waals surface area contributed by atoms with Crippen molar-refractivity contribution in [3.05, 3.63) is 35.4 Å². The highest BCUT2D eigenvalue weighted by Crippen LogP contribution is 2.22. The quantitative estimate of drug-likeness (QED) is 0.774. The summed E-state index contributed by atoms with van der Waals surface area (Å²) >= 11 is 3.38. The first kappa shape index (κ1) is 15.2. The Hall–Kier alpha value is -0.830. The van der Waals surface area contributed by atoms with E-state index in [0.717, 1.165) is 23.9 Å². The van der Waals surface area contributed by atoms with Gasteiger partial charge in [0.15, 0.2) is 0 Å². The van der Waals surface area contributed by atoms with Gasteiger partial charge in [0, 0.05) is 24.5 Å². The van der Waals surface area contributed by atoms with Crippen molar-refractivity contribution in [2.45, 2.75) is 32.6 Å². The Morgan fingerprint density at radius 2 is 1.78 bits per heavy atom. The molecule has 0 aromatic heterocycles. The van der Waals surface area contributed by atoms with Gasteiger partial charge in [-0.15, -0.1) is 0 Å². The molecular weight excluding hydrogens is 290 g/mol. The van der Waals surface area contributed by atoms with Gasteiger partial charge in [-0.05, 0) is 29.5 Å². The Morgan fingerprint density at radius 3 is 2.22 bits per heavy atom. The third-order valence-corrected chi connectivity index (χ3v) is 3.53. The molecule has 0 aliphatic rings. The highest BCUT2D eigenvalue weighted by molar-refractivity contribution is 9.09. The van der Waals surface area contributed by atoms with Crippen molar-refractivity contribution in [1.29, 1.82) is 0 Å². The van der Waals surface area contributed by atoms with Gasteiger partial charge >= 0.3 is 0 Å². The van der Waals surface area contributed by atoms with Crippen LogP contribution in [-0.4, -0.2) is 29.7 Å². The van der Waals surface area contributed by atoms with Crippen LogP contribution in [0.4, 0.5) is 0 Å². The largest absolute Gasteiger partial charge is 0.342 e. The molecule has 0 saturated carbocycles. The molecule has 1 aromatic carbocycles. The SMILES string of the molecule is CN(CCCBr)C(=O)c1ccc(C(C)(C)C)cc1. The number of rotatable bonds is 4. The molecule has 0 atom stereocenters. The molecule has 0 radical (unpaired) electrons. The number of halogens is 1. The van der Waals surface area contributed by atoms with Crippen LogP contribution in [0, 0.1) is 0 Å². The summed E-state index contributed by atoms with van der Waals surface area (Å²) in [5.41, 5.74) is 2.14. The molecule has 0 aliphatic heterocycles. The van der Waals surface area contributed by atoms with E-state index in [0.29, 0.717) is 0 Å². The first-order valence-electron chi connectivity index (χ1n) is 6.28. The van der Waals surface area contributed by atoms with E-state index < -0.39 is 0 Å². The third-order valence-electron chi connectivity index (χ3n) is 2.97. The van der Waals surface area contributed by atoms with Gasteiger partial charge in [0.2, 0.25) is 0 Å². The van der Waals surface area contributed by atoms with Gasteiger partial charge in [-0.25, -0.2) is 0 Å². The maximum absolute atomic E-state index is 12.1. The van der Waals surface area contributed by atoms with E-state index in [1.807, 2.05) is 31.3 Å². The molecule has 0 unspecified atom stereocenters. The number of carbonyl (C=O) groups is 1. The molecule has 2 nitrogen and oxygen atoms in total. The maximum atomic E-state index is 12.1. The fourth-order valence-electron chi connectivity index (χ4n) is 1.73. The van der Waals surface area contributed by atoms with E-state index in [4.69, 9.17) is 0 Å². The lowest BCUT2D eigenvalue weighted by atomic mass is 9.86. The number of benzene rings is 1. The highest BCUT2D eigenvalue weighted by Gasteiger charge is 2.15. The molecule has 0 heterocycles. The van der Waals surface area contributed by atoms with Crippen LogP contribution in [-0.2, 0) is 5.41 Å². The minimum absolute atomic E-state index is 0.0939. The van der Waals surface area contributed by atoms with Gasteiger partial charge in [0.1, 0.15) is 0 Å². The molecule has 0 aliphatic carbocycles. The zero-order chi connectivity index (χ0) is 13.8. The van der Waals surface area contributed by atoms with Crippen LogP contribution < -0.4 is 0 Å². The summed E-state index contributed by atoms with van der Waals surface area (Å²) in [6.07, 6.45) is 0.975. The van der Waals surface area contributed by atoms with Crippen LogP contribution in [0.25, 0.3) is 0 Å². The Bertz CT molecular complexity index is 392. The Morgan fingerprint density at radius 1 is 1.22 bits per heavy atom. The lowest BCUT2D eigenvalue weighted by Crippen LogP contribution is -2.28. The molecule has 0 spiro atoms. The van der Waals surface area contributed by atoms with Crippen molar-refractivity contribution in [1.82, 2.24) is 4.90 Å². The summed E-state index contributed by atoms with van der Waals surface area (Å²) in [7, 11) is 1.85. The second kappa shape index (κ2) is 6.37. The summed E-state index contributed by atoms with van der Waals surface area (Å²) in [5.74, 6) is 0.0939. The molecular formula is C15H22BrNO. The summed E-state index contributed by atoms with van der Waals surface area (Å²) in [6, 6.07) is 7.94. The summed E-state index contributed by atoms with van der Waals surface area (Å²) < 4.78 is 0. The van der Waals surface area contributed by atoms with Gasteiger partial charge in [-0.3, -0.25) is 4.79 Å². The fourth-order valence-corrected chi connectivity index (χ4v) is 1.98. The van der Waals surface area contributed by atoms with Crippen LogP contribution >= 0.6 is 15.9 Å². The average Bonchev–Trinajstić information content (AvgIpc) is 2.34. The minimum atomic E-state index is 0.0939. The van der Waals surface area contributed by atoms with E-state index in [1.54, 1.807) is 4.90 Å². The maximum Gasteiger partial charge on any atom is 0.253 e. The molecule has 0 bridgehead atoms. The van der Waals surface area contributed by atoms with Crippen molar-refractivity contribution < 1.29 is 4.79 Å². The van der Waals surface area contributed by atoms with E-state index in [9.17, 15) is 4.79 Å². The van der Waals surface area contributed by atoms with E-state index in [2.05, 4.69) is 36.7 Å². The van der Waals surface area contributed by atoms with Gasteiger partial charge in [0.05, 0.1) is 0 Å². The van der Waals surface area contributed by atoms with Crippen LogP contribution in [0.1, 0.15) is 43.1 Å². The lowest BCUT2D eigenvalue weighted by molar-refractivity contribution is 0.0795. The standard InChI is InChI=1S/C15H22BrNO/c1-15(2,3)13-8-6-12(7-9-13)14(18)17(4)11-5-10-16/h6-9H,5,10-11H2,1-4H3. The number of nitrogens with zero attached hydrogens (tertiary/aromatic N) is 1. The average molecular weight is 312 g/mol. The Labute approximate surface area is 119 Å². The molecule has 1 rings (SSSR count). The van der Waals surface area contributed by atoms with Crippen LogP contribution in [0.5, 0.6) is 0 Å². The predicted molar refractivity (Wildman–Crippen MR) is 80.5 cm³/mol. The molecule has 100 valence electrons. The molecule has 18 heavy (non-hydrogen) atoms. The Balaban J connectivity index is 2.76. The molecule has 0 N–H and O–H groups in total. The second-order valence-electron chi connectivity index (χ2n) is 5.60. The van der Waals surface area contributed by atoms with E-state index in [1.165, 1.54) is 5.56 Å². The zero-order valence-corrected chi connectivity index (χ0v) is 13.3. The van der Waals surface area contributed by atoms with E-state index in [-0.39, 0.29) is 11.3 Å². The number of amides is 1. The van der Waals surface area contributed by atoms with Crippen molar-refractivity contribution in [2.24, 2.45) is 0 Å². The van der Waals surface area contributed by atoms with Crippen LogP contribution in [0.15, 0.2) is 24.3 Å². The first-order valence-corrected chi connectivity index (χ1v) is 7.40. The van der Waals surface area contributed by atoms with Gasteiger partial charge in [-0.2, -0.15) is 0 Å². The molecule has 3 heteroatoms. The molecule has 0 fully saturated rings. The molecule has 1 aromatic rings. The predicted octanol–water partition coefficient (Wildman–Crippen LogP) is 3.84. The smallest absolute Gasteiger partial charge is 0.253 e.